The van der Waals surface area contributed by atoms with Crippen molar-refractivity contribution in [2.45, 2.75) is 25.8 Å². The van der Waals surface area contributed by atoms with Crippen LogP contribution in [-0.2, 0) is 11.3 Å². The van der Waals surface area contributed by atoms with Crippen LogP contribution in [0.25, 0.3) is 0 Å². The van der Waals surface area contributed by atoms with Gasteiger partial charge < -0.3 is 5.32 Å². The molecule has 0 unspecified atom stereocenters. The van der Waals surface area contributed by atoms with Gasteiger partial charge in [0, 0.05) is 18.0 Å². The Bertz CT molecular complexity index is 418. The predicted molar refractivity (Wildman–Crippen MR) is 73.4 cm³/mol. The number of halogens is 1. The van der Waals surface area contributed by atoms with Crippen molar-refractivity contribution in [1.82, 2.24) is 5.32 Å². The smallest absolute Gasteiger partial charge is 0.220 e. The first-order chi connectivity index (χ1) is 8.13. The van der Waals surface area contributed by atoms with E-state index in [9.17, 15) is 4.79 Å². The summed E-state index contributed by atoms with van der Waals surface area (Å²) >= 11 is 10.2. The summed E-state index contributed by atoms with van der Waals surface area (Å²) in [6.07, 6.45) is 2.85. The van der Waals surface area contributed by atoms with Gasteiger partial charge in [0.1, 0.15) is 0 Å². The molecule has 2 nitrogen and oxygen atoms in total. The van der Waals surface area contributed by atoms with Crippen LogP contribution in [0.5, 0.6) is 0 Å². The Morgan fingerprint density at radius 2 is 2.24 bits per heavy atom. The molecule has 0 radical (unpaired) electrons. The summed E-state index contributed by atoms with van der Waals surface area (Å²) in [5.74, 6) is 0.911. The minimum Gasteiger partial charge on any atom is -0.352 e. The Morgan fingerprint density at radius 3 is 2.82 bits per heavy atom. The molecule has 0 aliphatic heterocycles. The number of rotatable bonds is 5. The zero-order valence-electron chi connectivity index (χ0n) is 9.58. The third-order valence-corrected chi connectivity index (χ3v) is 4.11. The van der Waals surface area contributed by atoms with Gasteiger partial charge in [-0.05, 0) is 41.7 Å². The van der Waals surface area contributed by atoms with Gasteiger partial charge in [0.15, 0.2) is 0 Å². The predicted octanol–water partition coefficient (Wildman–Crippen LogP) is 3.06. The lowest BCUT2D eigenvalue weighted by Gasteiger charge is -2.11. The third kappa shape index (κ3) is 3.65. The number of thiol groups is 1. The standard InChI is InChI=1S/C13H16ClNOS/c14-11-3-1-2-10(6-11)8-15-12(16)7-13(9-17)4-5-13/h1-3,6,17H,4-5,7-9H2,(H,15,16). The van der Waals surface area contributed by atoms with Crippen LogP contribution in [0.15, 0.2) is 24.3 Å². The Hall–Kier alpha value is -0.670. The number of hydrogen-bond acceptors (Lipinski definition) is 2. The second kappa shape index (κ2) is 5.32. The van der Waals surface area contributed by atoms with E-state index in [1.165, 1.54) is 0 Å². The Morgan fingerprint density at radius 1 is 1.47 bits per heavy atom. The Balaban J connectivity index is 1.80. The molecule has 1 N–H and O–H groups in total. The first-order valence-corrected chi connectivity index (χ1v) is 6.77. The molecule has 1 aromatic rings. The Labute approximate surface area is 112 Å². The summed E-state index contributed by atoms with van der Waals surface area (Å²) < 4.78 is 0. The second-order valence-electron chi connectivity index (χ2n) is 4.74. The first-order valence-electron chi connectivity index (χ1n) is 5.76. The van der Waals surface area contributed by atoms with Gasteiger partial charge in [-0.15, -0.1) is 0 Å². The summed E-state index contributed by atoms with van der Waals surface area (Å²) in [5, 5.41) is 3.62. The molecule has 0 saturated heterocycles. The van der Waals surface area contributed by atoms with Gasteiger partial charge in [0.2, 0.25) is 5.91 Å². The van der Waals surface area contributed by atoms with E-state index in [0.29, 0.717) is 18.0 Å². The van der Waals surface area contributed by atoms with Crippen LogP contribution in [0.2, 0.25) is 5.02 Å². The molecule has 1 aliphatic rings. The molecule has 92 valence electrons. The van der Waals surface area contributed by atoms with Crippen LogP contribution in [0.3, 0.4) is 0 Å². The van der Waals surface area contributed by atoms with Crippen molar-refractivity contribution >= 4 is 30.1 Å². The molecule has 0 bridgehead atoms. The molecular weight excluding hydrogens is 254 g/mol. The van der Waals surface area contributed by atoms with Gasteiger partial charge in [0.05, 0.1) is 0 Å². The SMILES string of the molecule is O=C(CC1(CS)CC1)NCc1cccc(Cl)c1. The highest BCUT2D eigenvalue weighted by Gasteiger charge is 2.42. The number of nitrogens with one attached hydrogen (secondary N) is 1. The molecule has 0 atom stereocenters. The first kappa shape index (κ1) is 12.8. The maximum Gasteiger partial charge on any atom is 0.220 e. The van der Waals surface area contributed by atoms with Gasteiger partial charge in [-0.25, -0.2) is 0 Å². The molecule has 1 saturated carbocycles. The fourth-order valence-electron chi connectivity index (χ4n) is 1.82. The minimum absolute atomic E-state index is 0.108. The van der Waals surface area contributed by atoms with Gasteiger partial charge in [-0.2, -0.15) is 12.6 Å². The highest BCUT2D eigenvalue weighted by molar-refractivity contribution is 7.80. The van der Waals surface area contributed by atoms with Crippen molar-refractivity contribution in [2.75, 3.05) is 5.75 Å². The van der Waals surface area contributed by atoms with Crippen LogP contribution in [0.1, 0.15) is 24.8 Å². The Kier molecular flexibility index (Phi) is 4.00. The number of hydrogen-bond donors (Lipinski definition) is 2. The molecular formula is C13H16ClNOS. The van der Waals surface area contributed by atoms with Crippen molar-refractivity contribution in [2.24, 2.45) is 5.41 Å². The highest BCUT2D eigenvalue weighted by Crippen LogP contribution is 2.49. The summed E-state index contributed by atoms with van der Waals surface area (Å²) in [5.41, 5.74) is 1.21. The topological polar surface area (TPSA) is 29.1 Å². The number of amides is 1. The molecule has 0 heterocycles. The van der Waals surface area contributed by atoms with Crippen molar-refractivity contribution in [3.8, 4) is 0 Å². The summed E-state index contributed by atoms with van der Waals surface area (Å²) in [7, 11) is 0. The van der Waals surface area contributed by atoms with Gasteiger partial charge >= 0.3 is 0 Å². The molecule has 0 spiro atoms. The number of benzene rings is 1. The largest absolute Gasteiger partial charge is 0.352 e. The van der Waals surface area contributed by atoms with Crippen LogP contribution in [0.4, 0.5) is 0 Å². The molecule has 0 aromatic heterocycles. The van der Waals surface area contributed by atoms with Gasteiger partial charge in [-0.1, -0.05) is 23.7 Å². The molecule has 1 amide bonds. The summed E-state index contributed by atoms with van der Waals surface area (Å²) in [4.78, 5) is 11.7. The van der Waals surface area contributed by atoms with Crippen molar-refractivity contribution in [3.63, 3.8) is 0 Å². The van der Waals surface area contributed by atoms with Gasteiger partial charge in [0.25, 0.3) is 0 Å². The van der Waals surface area contributed by atoms with Crippen LogP contribution in [-0.4, -0.2) is 11.7 Å². The molecule has 2 rings (SSSR count). The molecule has 1 aliphatic carbocycles. The quantitative estimate of drug-likeness (QED) is 0.791. The van der Waals surface area contributed by atoms with E-state index in [2.05, 4.69) is 17.9 Å². The average molecular weight is 270 g/mol. The minimum atomic E-state index is 0.108. The molecule has 1 aromatic carbocycles. The van der Waals surface area contributed by atoms with Crippen LogP contribution >= 0.6 is 24.2 Å². The van der Waals surface area contributed by atoms with Crippen LogP contribution < -0.4 is 5.32 Å². The highest BCUT2D eigenvalue weighted by atomic mass is 35.5. The van der Waals surface area contributed by atoms with Crippen molar-refractivity contribution in [1.29, 1.82) is 0 Å². The van der Waals surface area contributed by atoms with Crippen molar-refractivity contribution in [3.05, 3.63) is 34.9 Å². The number of carbonyl (C=O) groups is 1. The van der Waals surface area contributed by atoms with Crippen LogP contribution in [0, 0.1) is 5.41 Å². The molecule has 1 fully saturated rings. The zero-order valence-corrected chi connectivity index (χ0v) is 11.2. The van der Waals surface area contributed by atoms with E-state index in [-0.39, 0.29) is 11.3 Å². The molecule has 4 heteroatoms. The summed E-state index contributed by atoms with van der Waals surface area (Å²) in [6, 6.07) is 7.54. The van der Waals surface area contributed by atoms with E-state index in [4.69, 9.17) is 11.6 Å². The van der Waals surface area contributed by atoms with E-state index in [1.54, 1.807) is 0 Å². The zero-order chi connectivity index (χ0) is 12.3. The van der Waals surface area contributed by atoms with E-state index >= 15 is 0 Å². The monoisotopic (exact) mass is 269 g/mol. The number of carbonyl (C=O) groups excluding carboxylic acids is 1. The second-order valence-corrected chi connectivity index (χ2v) is 5.49. The van der Waals surface area contributed by atoms with Crippen molar-refractivity contribution < 1.29 is 4.79 Å². The maximum atomic E-state index is 11.7. The van der Waals surface area contributed by atoms with Gasteiger partial charge in [-0.3, -0.25) is 4.79 Å². The van der Waals surface area contributed by atoms with E-state index in [1.807, 2.05) is 24.3 Å². The maximum absolute atomic E-state index is 11.7. The van der Waals surface area contributed by atoms with E-state index in [0.717, 1.165) is 24.2 Å². The average Bonchev–Trinajstić information content (AvgIpc) is 3.07. The fourth-order valence-corrected chi connectivity index (χ4v) is 2.46. The third-order valence-electron chi connectivity index (χ3n) is 3.21. The lowest BCUT2D eigenvalue weighted by atomic mass is 10.1. The summed E-state index contributed by atoms with van der Waals surface area (Å²) in [6.45, 7) is 0.544. The normalized spacial score (nSPS) is 16.6. The lowest BCUT2D eigenvalue weighted by Crippen LogP contribution is -2.26. The lowest BCUT2D eigenvalue weighted by molar-refractivity contribution is -0.122. The molecule has 17 heavy (non-hydrogen) atoms. The van der Waals surface area contributed by atoms with E-state index < -0.39 is 0 Å². The fraction of sp³-hybridized carbons (Fsp3) is 0.462.